The Hall–Kier alpha value is -1.23. The van der Waals surface area contributed by atoms with Crippen LogP contribution in [0.1, 0.15) is 77.2 Å². The number of ketones is 1. The Kier molecular flexibility index (Phi) is 6.13. The van der Waals surface area contributed by atoms with Gasteiger partial charge in [-0.05, 0) is 53.5 Å². The maximum atomic E-state index is 12.4. The largest absolute Gasteiger partial charge is 0.382 e. The monoisotopic (exact) mass is 322 g/mol. The molecule has 1 atom stereocenters. The molecule has 0 fully saturated rings. The molecule has 0 aromatic heterocycles. The molecular formula is C19H30O4. The van der Waals surface area contributed by atoms with Gasteiger partial charge in [-0.25, -0.2) is 9.78 Å². The molecule has 0 aliphatic carbocycles. The van der Waals surface area contributed by atoms with Crippen molar-refractivity contribution in [2.45, 2.75) is 78.1 Å². The summed E-state index contributed by atoms with van der Waals surface area (Å²) in [5.74, 6) is -0.254. The number of hydrogen-bond donors (Lipinski definition) is 1. The van der Waals surface area contributed by atoms with E-state index < -0.39 is 16.8 Å². The predicted octanol–water partition coefficient (Wildman–Crippen LogP) is 4.40. The summed E-state index contributed by atoms with van der Waals surface area (Å²) < 4.78 is 0. The number of carbonyl (C=O) groups excluding carboxylic acids is 1. The summed E-state index contributed by atoms with van der Waals surface area (Å²) in [5, 5.41) is 10.2. The molecule has 1 unspecified atom stereocenters. The van der Waals surface area contributed by atoms with Gasteiger partial charge in [0.15, 0.2) is 5.78 Å². The Morgan fingerprint density at radius 1 is 1.00 bits per heavy atom. The molecule has 4 heteroatoms. The smallest absolute Gasteiger partial charge is 0.194 e. The predicted molar refractivity (Wildman–Crippen MR) is 91.3 cm³/mol. The molecule has 0 saturated carbocycles. The summed E-state index contributed by atoms with van der Waals surface area (Å²) in [7, 11) is 0. The van der Waals surface area contributed by atoms with Crippen LogP contribution in [-0.2, 0) is 15.4 Å². The molecule has 0 bridgehead atoms. The number of aliphatic hydroxyl groups is 1. The topological polar surface area (TPSA) is 55.8 Å². The van der Waals surface area contributed by atoms with Crippen molar-refractivity contribution < 1.29 is 19.7 Å². The summed E-state index contributed by atoms with van der Waals surface area (Å²) >= 11 is 0. The van der Waals surface area contributed by atoms with Gasteiger partial charge in [0.05, 0.1) is 5.60 Å². The van der Waals surface area contributed by atoms with E-state index in [0.717, 1.165) is 12.0 Å². The second-order valence-corrected chi connectivity index (χ2v) is 7.72. The fourth-order valence-electron chi connectivity index (χ4n) is 2.21. The Morgan fingerprint density at radius 3 is 1.96 bits per heavy atom. The van der Waals surface area contributed by atoms with E-state index in [-0.39, 0.29) is 5.78 Å². The number of hydrogen-bond acceptors (Lipinski definition) is 4. The zero-order chi connectivity index (χ0) is 17.9. The van der Waals surface area contributed by atoms with Gasteiger partial charge in [-0.2, -0.15) is 0 Å². The maximum Gasteiger partial charge on any atom is 0.194 e. The van der Waals surface area contributed by atoms with Gasteiger partial charge in [0.1, 0.15) is 11.2 Å². The minimum Gasteiger partial charge on any atom is -0.382 e. The van der Waals surface area contributed by atoms with Crippen molar-refractivity contribution in [3.05, 3.63) is 35.4 Å². The highest BCUT2D eigenvalue weighted by atomic mass is 17.2. The van der Waals surface area contributed by atoms with Gasteiger partial charge in [-0.15, -0.1) is 0 Å². The van der Waals surface area contributed by atoms with E-state index in [1.54, 1.807) is 19.1 Å². The molecular weight excluding hydrogens is 292 g/mol. The fraction of sp³-hybridized carbons (Fsp3) is 0.632. The standard InChI is InChI=1S/C19H30O4/c1-8-13-19(7,21)16(20)14-9-11-15(12-10-14)18(5,6)23-22-17(2,3)4/h9-12,21H,8,13H2,1-7H3. The van der Waals surface area contributed by atoms with Gasteiger partial charge in [-0.3, -0.25) is 4.79 Å². The minimum absolute atomic E-state index is 0.254. The molecule has 0 spiro atoms. The van der Waals surface area contributed by atoms with Crippen LogP contribution in [0.15, 0.2) is 24.3 Å². The van der Waals surface area contributed by atoms with Gasteiger partial charge in [0.25, 0.3) is 0 Å². The van der Waals surface area contributed by atoms with Gasteiger partial charge in [0, 0.05) is 5.56 Å². The second-order valence-electron chi connectivity index (χ2n) is 7.72. The third-order valence-corrected chi connectivity index (χ3v) is 3.57. The van der Waals surface area contributed by atoms with E-state index in [0.29, 0.717) is 12.0 Å². The van der Waals surface area contributed by atoms with Gasteiger partial charge in [0.2, 0.25) is 0 Å². The lowest BCUT2D eigenvalue weighted by Crippen LogP contribution is -2.35. The summed E-state index contributed by atoms with van der Waals surface area (Å²) in [6.45, 7) is 13.1. The molecule has 0 amide bonds. The SMILES string of the molecule is CCCC(C)(O)C(=O)c1ccc(C(C)(C)OOC(C)(C)C)cc1. The molecule has 23 heavy (non-hydrogen) atoms. The Balaban J connectivity index is 2.89. The first kappa shape index (κ1) is 19.8. The van der Waals surface area contributed by atoms with Crippen molar-refractivity contribution in [3.63, 3.8) is 0 Å². The lowest BCUT2D eigenvalue weighted by Gasteiger charge is -2.29. The summed E-state index contributed by atoms with van der Waals surface area (Å²) in [6, 6.07) is 7.12. The molecule has 0 saturated heterocycles. The molecule has 1 aromatic rings. The minimum atomic E-state index is -1.32. The molecule has 1 N–H and O–H groups in total. The summed E-state index contributed by atoms with van der Waals surface area (Å²) in [6.07, 6.45) is 1.20. The molecule has 0 aliphatic heterocycles. The average Bonchev–Trinajstić information content (AvgIpc) is 2.44. The third kappa shape index (κ3) is 5.72. The van der Waals surface area contributed by atoms with Crippen LogP contribution in [0.3, 0.4) is 0 Å². The Labute approximate surface area is 139 Å². The van der Waals surface area contributed by atoms with Gasteiger partial charge >= 0.3 is 0 Å². The molecule has 0 radical (unpaired) electrons. The molecule has 0 aliphatic rings. The first-order valence-electron chi connectivity index (χ1n) is 8.13. The van der Waals surface area contributed by atoms with E-state index >= 15 is 0 Å². The summed E-state index contributed by atoms with van der Waals surface area (Å²) in [4.78, 5) is 23.3. The van der Waals surface area contributed by atoms with E-state index in [9.17, 15) is 9.90 Å². The normalized spacial score (nSPS) is 15.3. The van der Waals surface area contributed by atoms with Crippen molar-refractivity contribution in [3.8, 4) is 0 Å². The molecule has 130 valence electrons. The van der Waals surface area contributed by atoms with Crippen molar-refractivity contribution in [2.24, 2.45) is 0 Å². The zero-order valence-electron chi connectivity index (χ0n) is 15.4. The second kappa shape index (κ2) is 7.12. The van der Waals surface area contributed by atoms with Gasteiger partial charge < -0.3 is 5.11 Å². The van der Waals surface area contributed by atoms with Crippen molar-refractivity contribution in [1.29, 1.82) is 0 Å². The van der Waals surface area contributed by atoms with Crippen molar-refractivity contribution in [2.75, 3.05) is 0 Å². The van der Waals surface area contributed by atoms with E-state index in [1.807, 2.05) is 53.7 Å². The highest BCUT2D eigenvalue weighted by molar-refractivity contribution is 6.02. The molecule has 1 aromatic carbocycles. The van der Waals surface area contributed by atoms with E-state index in [2.05, 4.69) is 0 Å². The van der Waals surface area contributed by atoms with Crippen LogP contribution in [0.5, 0.6) is 0 Å². The van der Waals surface area contributed by atoms with Crippen LogP contribution >= 0.6 is 0 Å². The lowest BCUT2D eigenvalue weighted by atomic mass is 9.89. The van der Waals surface area contributed by atoms with E-state index in [4.69, 9.17) is 9.78 Å². The fourth-order valence-corrected chi connectivity index (χ4v) is 2.21. The average molecular weight is 322 g/mol. The molecule has 4 nitrogen and oxygen atoms in total. The Bertz CT molecular complexity index is 521. The quantitative estimate of drug-likeness (QED) is 0.459. The van der Waals surface area contributed by atoms with Crippen molar-refractivity contribution >= 4 is 5.78 Å². The first-order chi connectivity index (χ1) is 10.4. The molecule has 1 rings (SSSR count). The van der Waals surface area contributed by atoms with Crippen LogP contribution in [0.2, 0.25) is 0 Å². The number of Topliss-reactive ketones (excluding diaryl/α,β-unsaturated/α-hetero) is 1. The number of carbonyl (C=O) groups is 1. The number of rotatable bonds is 7. The highest BCUT2D eigenvalue weighted by Gasteiger charge is 2.31. The lowest BCUT2D eigenvalue weighted by molar-refractivity contribution is -0.401. The van der Waals surface area contributed by atoms with Crippen molar-refractivity contribution in [1.82, 2.24) is 0 Å². The summed E-state index contributed by atoms with van der Waals surface area (Å²) in [5.41, 5.74) is -0.960. The van der Waals surface area contributed by atoms with Crippen LogP contribution in [0.25, 0.3) is 0 Å². The Morgan fingerprint density at radius 2 is 1.52 bits per heavy atom. The number of benzene rings is 1. The molecule has 0 heterocycles. The first-order valence-corrected chi connectivity index (χ1v) is 8.13. The maximum absolute atomic E-state index is 12.4. The van der Waals surface area contributed by atoms with Crippen LogP contribution < -0.4 is 0 Å². The van der Waals surface area contributed by atoms with Crippen LogP contribution in [0.4, 0.5) is 0 Å². The van der Waals surface area contributed by atoms with E-state index in [1.165, 1.54) is 0 Å². The highest BCUT2D eigenvalue weighted by Crippen LogP contribution is 2.28. The van der Waals surface area contributed by atoms with Crippen LogP contribution in [-0.4, -0.2) is 22.1 Å². The zero-order valence-corrected chi connectivity index (χ0v) is 15.4. The van der Waals surface area contributed by atoms with Gasteiger partial charge in [-0.1, -0.05) is 37.6 Å². The van der Waals surface area contributed by atoms with Crippen LogP contribution in [0, 0.1) is 0 Å². The third-order valence-electron chi connectivity index (χ3n) is 3.57.